The van der Waals surface area contributed by atoms with Gasteiger partial charge in [0, 0.05) is 11.3 Å². The zero-order chi connectivity index (χ0) is 27.0. The molecule has 0 heterocycles. The van der Waals surface area contributed by atoms with Gasteiger partial charge in [0.15, 0.2) is 6.10 Å². The van der Waals surface area contributed by atoms with Crippen molar-refractivity contribution < 1.29 is 19.1 Å². The average Bonchev–Trinajstić information content (AvgIpc) is 3.11. The van der Waals surface area contributed by atoms with Crippen molar-refractivity contribution in [2.45, 2.75) is 49.7 Å². The number of fused-ring (bicyclic) bond motifs is 4. The van der Waals surface area contributed by atoms with Gasteiger partial charge in [-0.25, -0.2) is 9.59 Å². The fourth-order valence-corrected chi connectivity index (χ4v) is 8.21. The highest BCUT2D eigenvalue weighted by molar-refractivity contribution is 5.91. The first-order chi connectivity index (χ1) is 18.8. The molecule has 0 saturated heterocycles. The van der Waals surface area contributed by atoms with E-state index in [0.29, 0.717) is 11.1 Å². The highest BCUT2D eigenvalue weighted by atomic mass is 16.6. The van der Waals surface area contributed by atoms with Crippen LogP contribution in [0.5, 0.6) is 0 Å². The molecule has 1 fully saturated rings. The van der Waals surface area contributed by atoms with E-state index in [0.717, 1.165) is 5.56 Å². The average molecular weight is 515 g/mol. The molecule has 194 valence electrons. The second kappa shape index (κ2) is 8.16. The lowest BCUT2D eigenvalue weighted by atomic mass is 9.32. The maximum Gasteiger partial charge on any atom is 0.338 e. The Labute approximate surface area is 228 Å². The van der Waals surface area contributed by atoms with E-state index in [1.807, 2.05) is 42.5 Å². The third kappa shape index (κ3) is 2.84. The number of ether oxygens (including phenoxy) is 2. The number of hydrogen-bond donors (Lipinski definition) is 0. The molecule has 1 spiro atoms. The minimum absolute atomic E-state index is 0.135. The van der Waals surface area contributed by atoms with Crippen molar-refractivity contribution in [2.75, 3.05) is 0 Å². The molecule has 0 aromatic heterocycles. The maximum absolute atomic E-state index is 13.7. The third-order valence-corrected chi connectivity index (χ3v) is 9.32. The molecule has 3 unspecified atom stereocenters. The quantitative estimate of drug-likeness (QED) is 0.280. The predicted molar refractivity (Wildman–Crippen MR) is 149 cm³/mol. The molecule has 0 N–H and O–H groups in total. The van der Waals surface area contributed by atoms with Crippen molar-refractivity contribution in [1.82, 2.24) is 0 Å². The first kappa shape index (κ1) is 23.9. The van der Waals surface area contributed by atoms with Crippen LogP contribution in [0.4, 0.5) is 0 Å². The van der Waals surface area contributed by atoms with E-state index in [-0.39, 0.29) is 11.3 Å². The summed E-state index contributed by atoms with van der Waals surface area (Å²) in [6, 6.07) is 35.0. The molecular formula is C35H30O4. The van der Waals surface area contributed by atoms with Crippen molar-refractivity contribution in [3.63, 3.8) is 0 Å². The zero-order valence-electron chi connectivity index (χ0n) is 22.3. The Balaban J connectivity index is 1.45. The summed E-state index contributed by atoms with van der Waals surface area (Å²) in [4.78, 5) is 27.3. The van der Waals surface area contributed by atoms with Gasteiger partial charge < -0.3 is 9.47 Å². The van der Waals surface area contributed by atoms with E-state index < -0.39 is 35.0 Å². The number of carbonyl (C=O) groups excluding carboxylic acids is 2. The van der Waals surface area contributed by atoms with Gasteiger partial charge >= 0.3 is 11.9 Å². The van der Waals surface area contributed by atoms with Gasteiger partial charge in [-0.2, -0.15) is 0 Å². The Morgan fingerprint density at radius 2 is 1.10 bits per heavy atom. The fraction of sp³-hybridized carbons (Fsp3) is 0.257. The van der Waals surface area contributed by atoms with Crippen LogP contribution in [-0.4, -0.2) is 24.1 Å². The summed E-state index contributed by atoms with van der Waals surface area (Å²) in [6.45, 7) is 6.65. The summed E-state index contributed by atoms with van der Waals surface area (Å²) in [5.74, 6) is -0.950. The summed E-state index contributed by atoms with van der Waals surface area (Å²) in [6.07, 6.45) is -1.35. The molecule has 4 aromatic carbocycles. The van der Waals surface area contributed by atoms with Gasteiger partial charge in [0.25, 0.3) is 0 Å². The van der Waals surface area contributed by atoms with Gasteiger partial charge in [0.2, 0.25) is 0 Å². The molecule has 5 atom stereocenters. The first-order valence-corrected chi connectivity index (χ1v) is 13.5. The molecule has 7 rings (SSSR count). The summed E-state index contributed by atoms with van der Waals surface area (Å²) in [5.41, 5.74) is 4.41. The Hall–Kier alpha value is -4.18. The fourth-order valence-electron chi connectivity index (χ4n) is 8.21. The van der Waals surface area contributed by atoms with Crippen LogP contribution in [0.2, 0.25) is 0 Å². The summed E-state index contributed by atoms with van der Waals surface area (Å²) in [5, 5.41) is 0. The van der Waals surface area contributed by atoms with Crippen molar-refractivity contribution in [1.29, 1.82) is 0 Å². The highest BCUT2D eigenvalue weighted by Crippen LogP contribution is 2.82. The Bertz CT molecular complexity index is 1600. The van der Waals surface area contributed by atoms with Crippen LogP contribution >= 0.6 is 0 Å². The molecule has 0 amide bonds. The Morgan fingerprint density at radius 3 is 1.69 bits per heavy atom. The number of esters is 2. The van der Waals surface area contributed by atoms with Crippen LogP contribution in [0.3, 0.4) is 0 Å². The van der Waals surface area contributed by atoms with Gasteiger partial charge in [-0.05, 0) is 51.9 Å². The normalized spacial score (nSPS) is 27.5. The van der Waals surface area contributed by atoms with Gasteiger partial charge in [-0.15, -0.1) is 0 Å². The molecular weight excluding hydrogens is 484 g/mol. The SMILES string of the molecule is CC(C)(C)[C@@]12c3ccccc3[C@@]13c1ccccc1C3C(OC(=O)c1ccccc1)C2OC(=O)c1ccccc1. The van der Waals surface area contributed by atoms with Crippen molar-refractivity contribution in [3.05, 3.63) is 143 Å². The summed E-state index contributed by atoms with van der Waals surface area (Å²) >= 11 is 0. The van der Waals surface area contributed by atoms with Gasteiger partial charge in [0.1, 0.15) is 6.10 Å². The lowest BCUT2D eigenvalue weighted by Gasteiger charge is -2.69. The number of benzene rings is 4. The highest BCUT2D eigenvalue weighted by Gasteiger charge is 2.86. The van der Waals surface area contributed by atoms with Crippen molar-refractivity contribution in [3.8, 4) is 0 Å². The van der Waals surface area contributed by atoms with E-state index in [4.69, 9.17) is 9.47 Å². The first-order valence-electron chi connectivity index (χ1n) is 13.5. The number of hydrogen-bond acceptors (Lipinski definition) is 4. The topological polar surface area (TPSA) is 52.6 Å². The lowest BCUT2D eigenvalue weighted by molar-refractivity contribution is -0.0737. The van der Waals surface area contributed by atoms with E-state index in [1.54, 1.807) is 24.3 Å². The minimum atomic E-state index is -0.690. The largest absolute Gasteiger partial charge is 0.454 e. The monoisotopic (exact) mass is 514 g/mol. The van der Waals surface area contributed by atoms with E-state index in [9.17, 15) is 9.59 Å². The molecule has 0 bridgehead atoms. The molecule has 1 saturated carbocycles. The second-order valence-electron chi connectivity index (χ2n) is 11.9. The second-order valence-corrected chi connectivity index (χ2v) is 11.9. The zero-order valence-corrected chi connectivity index (χ0v) is 22.3. The van der Waals surface area contributed by atoms with Crippen LogP contribution in [0.15, 0.2) is 109 Å². The van der Waals surface area contributed by atoms with Crippen LogP contribution in [0.25, 0.3) is 0 Å². The molecule has 4 aromatic rings. The van der Waals surface area contributed by atoms with Crippen molar-refractivity contribution >= 4 is 11.9 Å². The third-order valence-electron chi connectivity index (χ3n) is 9.32. The molecule has 4 heteroatoms. The van der Waals surface area contributed by atoms with Crippen LogP contribution in [-0.2, 0) is 20.3 Å². The van der Waals surface area contributed by atoms with Crippen molar-refractivity contribution in [2.24, 2.45) is 5.41 Å². The van der Waals surface area contributed by atoms with E-state index in [2.05, 4.69) is 63.2 Å². The van der Waals surface area contributed by atoms with Crippen LogP contribution < -0.4 is 0 Å². The van der Waals surface area contributed by atoms with Gasteiger partial charge in [-0.3, -0.25) is 0 Å². The lowest BCUT2D eigenvalue weighted by Crippen LogP contribution is -2.70. The number of carbonyl (C=O) groups is 2. The Morgan fingerprint density at radius 1 is 0.615 bits per heavy atom. The summed E-state index contributed by atoms with van der Waals surface area (Å²) < 4.78 is 13.0. The summed E-state index contributed by atoms with van der Waals surface area (Å²) in [7, 11) is 0. The molecule has 3 aliphatic carbocycles. The number of rotatable bonds is 4. The predicted octanol–water partition coefficient (Wildman–Crippen LogP) is 6.83. The van der Waals surface area contributed by atoms with Crippen LogP contribution in [0, 0.1) is 5.41 Å². The smallest absolute Gasteiger partial charge is 0.338 e. The molecule has 0 aliphatic heterocycles. The standard InChI is InChI=1S/C35H30O4/c1-33(2,3)35-27-21-13-12-20-26(27)34(35)25-19-11-10-18-24(25)28(34)29(38-31(36)22-14-6-4-7-15-22)30(35)39-32(37)23-16-8-5-9-17-23/h4-21,28-30H,1-3H3/t28?,29?,30?,34-,35+/m1/s1. The maximum atomic E-state index is 13.7. The van der Waals surface area contributed by atoms with Gasteiger partial charge in [-0.1, -0.05) is 106 Å². The molecule has 3 aliphatic rings. The molecule has 4 nitrogen and oxygen atoms in total. The van der Waals surface area contributed by atoms with Gasteiger partial charge in [0.05, 0.1) is 16.5 Å². The van der Waals surface area contributed by atoms with Crippen LogP contribution in [0.1, 0.15) is 69.7 Å². The Kier molecular flexibility index (Phi) is 5.00. The minimum Gasteiger partial charge on any atom is -0.454 e. The van der Waals surface area contributed by atoms with E-state index >= 15 is 0 Å². The van der Waals surface area contributed by atoms with E-state index in [1.165, 1.54) is 16.7 Å². The molecule has 39 heavy (non-hydrogen) atoms. The molecule has 0 radical (unpaired) electrons.